The van der Waals surface area contributed by atoms with Crippen molar-refractivity contribution in [3.63, 3.8) is 0 Å². The lowest BCUT2D eigenvalue weighted by Crippen LogP contribution is -2.17. The quantitative estimate of drug-likeness (QED) is 0.895. The first-order chi connectivity index (χ1) is 10.3. The highest BCUT2D eigenvalue weighted by atomic mass is 35.5. The third-order valence-electron chi connectivity index (χ3n) is 4.08. The molecule has 0 amide bonds. The maximum atomic E-state index is 6.22. The van der Waals surface area contributed by atoms with Crippen molar-refractivity contribution in [1.82, 2.24) is 5.32 Å². The molecule has 3 rings (SSSR count). The van der Waals surface area contributed by atoms with Gasteiger partial charge in [-0.15, -0.1) is 0 Å². The molecule has 0 radical (unpaired) electrons. The topological polar surface area (TPSA) is 21.3 Å². The first kappa shape index (κ1) is 14.4. The fourth-order valence-electron chi connectivity index (χ4n) is 2.99. The van der Waals surface area contributed by atoms with E-state index in [2.05, 4.69) is 29.6 Å². The van der Waals surface area contributed by atoms with Crippen LogP contribution in [-0.2, 0) is 12.8 Å². The highest BCUT2D eigenvalue weighted by Crippen LogP contribution is 2.34. The predicted molar refractivity (Wildman–Crippen MR) is 87.2 cm³/mol. The number of fused-ring (bicyclic) bond motifs is 1. The molecule has 1 aliphatic rings. The largest absolute Gasteiger partial charge is 0.493 e. The Morgan fingerprint density at radius 2 is 2.05 bits per heavy atom. The number of benzene rings is 2. The molecular formula is C18H20ClNO. The lowest BCUT2D eigenvalue weighted by Gasteiger charge is -2.17. The number of nitrogens with one attached hydrogen (secondary N) is 1. The van der Waals surface area contributed by atoms with Gasteiger partial charge in [-0.25, -0.2) is 0 Å². The third-order valence-corrected chi connectivity index (χ3v) is 4.30. The summed E-state index contributed by atoms with van der Waals surface area (Å²) in [5.74, 6) is 1.06. The van der Waals surface area contributed by atoms with E-state index in [1.165, 1.54) is 16.7 Å². The van der Waals surface area contributed by atoms with Crippen LogP contribution in [0.15, 0.2) is 42.5 Å². The van der Waals surface area contributed by atoms with Gasteiger partial charge < -0.3 is 10.1 Å². The Morgan fingerprint density at radius 3 is 2.81 bits per heavy atom. The second-order valence-electron chi connectivity index (χ2n) is 5.44. The van der Waals surface area contributed by atoms with Crippen LogP contribution in [-0.4, -0.2) is 13.7 Å². The van der Waals surface area contributed by atoms with Gasteiger partial charge in [0, 0.05) is 17.5 Å². The van der Waals surface area contributed by atoms with E-state index >= 15 is 0 Å². The van der Waals surface area contributed by atoms with Crippen molar-refractivity contribution >= 4 is 11.6 Å². The van der Waals surface area contributed by atoms with E-state index in [9.17, 15) is 0 Å². The average molecular weight is 302 g/mol. The average Bonchev–Trinajstić information content (AvgIpc) is 2.97. The van der Waals surface area contributed by atoms with Crippen molar-refractivity contribution in [2.24, 2.45) is 0 Å². The number of aryl methyl sites for hydroxylation is 1. The van der Waals surface area contributed by atoms with Gasteiger partial charge in [-0.1, -0.05) is 41.9 Å². The minimum absolute atomic E-state index is 0.349. The van der Waals surface area contributed by atoms with Gasteiger partial charge in [-0.05, 0) is 48.7 Å². The summed E-state index contributed by atoms with van der Waals surface area (Å²) in [6.45, 7) is 0.775. The maximum absolute atomic E-state index is 6.22. The van der Waals surface area contributed by atoms with Crippen LogP contribution in [0, 0.1) is 0 Å². The number of rotatable bonds is 5. The second-order valence-corrected chi connectivity index (χ2v) is 5.88. The molecule has 0 saturated carbocycles. The fraction of sp³-hybridized carbons (Fsp3) is 0.333. The van der Waals surface area contributed by atoms with Crippen molar-refractivity contribution in [3.05, 3.63) is 64.2 Å². The van der Waals surface area contributed by atoms with E-state index in [1.807, 2.05) is 25.2 Å². The molecule has 0 aliphatic carbocycles. The second kappa shape index (κ2) is 6.50. The fourth-order valence-corrected chi connectivity index (χ4v) is 3.26. The van der Waals surface area contributed by atoms with Gasteiger partial charge >= 0.3 is 0 Å². The molecule has 0 aromatic heterocycles. The predicted octanol–water partition coefficient (Wildman–Crippen LogP) is 4.17. The molecule has 3 heteroatoms. The number of halogens is 1. The number of hydrogen-bond acceptors (Lipinski definition) is 2. The molecule has 1 aliphatic heterocycles. The zero-order chi connectivity index (χ0) is 14.7. The zero-order valence-corrected chi connectivity index (χ0v) is 13.0. The van der Waals surface area contributed by atoms with Crippen LogP contribution in [0.4, 0.5) is 0 Å². The Balaban J connectivity index is 1.75. The van der Waals surface area contributed by atoms with E-state index in [-0.39, 0.29) is 0 Å². The maximum Gasteiger partial charge on any atom is 0.125 e. The summed E-state index contributed by atoms with van der Waals surface area (Å²) in [5, 5.41) is 4.21. The van der Waals surface area contributed by atoms with Crippen molar-refractivity contribution in [1.29, 1.82) is 0 Å². The molecule has 1 unspecified atom stereocenters. The van der Waals surface area contributed by atoms with Gasteiger partial charge in [0.1, 0.15) is 5.75 Å². The van der Waals surface area contributed by atoms with E-state index in [0.717, 1.165) is 36.6 Å². The summed E-state index contributed by atoms with van der Waals surface area (Å²) in [6, 6.07) is 15.0. The summed E-state index contributed by atoms with van der Waals surface area (Å²) < 4.78 is 5.78. The molecule has 2 aromatic rings. The highest BCUT2D eigenvalue weighted by Gasteiger charge is 2.18. The molecule has 21 heavy (non-hydrogen) atoms. The van der Waals surface area contributed by atoms with Gasteiger partial charge in [-0.2, -0.15) is 0 Å². The molecule has 1 heterocycles. The summed E-state index contributed by atoms with van der Waals surface area (Å²) >= 11 is 6.22. The molecule has 0 fully saturated rings. The molecular weight excluding hydrogens is 282 g/mol. The van der Waals surface area contributed by atoms with Crippen LogP contribution in [0.25, 0.3) is 0 Å². The van der Waals surface area contributed by atoms with Crippen LogP contribution >= 0.6 is 11.6 Å². The Morgan fingerprint density at radius 1 is 1.24 bits per heavy atom. The molecule has 0 saturated heterocycles. The van der Waals surface area contributed by atoms with Crippen LogP contribution in [0.5, 0.6) is 5.75 Å². The van der Waals surface area contributed by atoms with Gasteiger partial charge in [0.2, 0.25) is 0 Å². The minimum Gasteiger partial charge on any atom is -0.493 e. The molecule has 110 valence electrons. The van der Waals surface area contributed by atoms with Crippen molar-refractivity contribution < 1.29 is 4.74 Å². The Bertz CT molecular complexity index is 612. The Labute approximate surface area is 131 Å². The molecule has 0 bridgehead atoms. The lowest BCUT2D eigenvalue weighted by atomic mass is 9.97. The molecule has 1 atom stereocenters. The van der Waals surface area contributed by atoms with Crippen LogP contribution in [0.3, 0.4) is 0 Å². The summed E-state index contributed by atoms with van der Waals surface area (Å²) in [4.78, 5) is 0. The van der Waals surface area contributed by atoms with E-state index in [0.29, 0.717) is 6.04 Å². The van der Waals surface area contributed by atoms with Crippen molar-refractivity contribution in [2.75, 3.05) is 13.7 Å². The summed E-state index contributed by atoms with van der Waals surface area (Å²) in [6.07, 6.45) is 2.96. The van der Waals surface area contributed by atoms with Gasteiger partial charge in [-0.3, -0.25) is 0 Å². The van der Waals surface area contributed by atoms with E-state index < -0.39 is 0 Å². The highest BCUT2D eigenvalue weighted by molar-refractivity contribution is 6.30. The first-order valence-corrected chi connectivity index (χ1v) is 7.82. The molecule has 1 N–H and O–H groups in total. The van der Waals surface area contributed by atoms with Crippen molar-refractivity contribution in [2.45, 2.75) is 25.3 Å². The number of hydrogen-bond donors (Lipinski definition) is 1. The van der Waals surface area contributed by atoms with Crippen LogP contribution < -0.4 is 10.1 Å². The smallest absolute Gasteiger partial charge is 0.125 e. The normalized spacial score (nSPS) is 14.6. The van der Waals surface area contributed by atoms with Gasteiger partial charge in [0.15, 0.2) is 0 Å². The monoisotopic (exact) mass is 301 g/mol. The summed E-state index contributed by atoms with van der Waals surface area (Å²) in [7, 11) is 2.01. The summed E-state index contributed by atoms with van der Waals surface area (Å²) in [5.41, 5.74) is 3.80. The van der Waals surface area contributed by atoms with E-state index in [1.54, 1.807) is 0 Å². The zero-order valence-electron chi connectivity index (χ0n) is 12.2. The first-order valence-electron chi connectivity index (χ1n) is 7.44. The lowest BCUT2D eigenvalue weighted by molar-refractivity contribution is 0.352. The van der Waals surface area contributed by atoms with Crippen molar-refractivity contribution in [3.8, 4) is 5.75 Å². The molecule has 0 spiro atoms. The SMILES string of the molecule is CNC(CCc1cc(Cl)cc2c1OCC2)c1ccccc1. The molecule has 2 aromatic carbocycles. The Kier molecular flexibility index (Phi) is 4.47. The Hall–Kier alpha value is -1.51. The minimum atomic E-state index is 0.349. The van der Waals surface area contributed by atoms with Gasteiger partial charge in [0.05, 0.1) is 6.61 Å². The van der Waals surface area contributed by atoms with E-state index in [4.69, 9.17) is 16.3 Å². The molecule has 2 nitrogen and oxygen atoms in total. The third kappa shape index (κ3) is 3.22. The van der Waals surface area contributed by atoms with Crippen LogP contribution in [0.1, 0.15) is 29.2 Å². The van der Waals surface area contributed by atoms with Gasteiger partial charge in [0.25, 0.3) is 0 Å². The standard InChI is InChI=1S/C18H20ClNO/c1-20-17(13-5-3-2-4-6-13)8-7-14-11-16(19)12-15-9-10-21-18(14)15/h2-6,11-12,17,20H,7-10H2,1H3. The number of ether oxygens (including phenoxy) is 1. The van der Waals surface area contributed by atoms with Crippen LogP contribution in [0.2, 0.25) is 5.02 Å².